The van der Waals surface area contributed by atoms with Crippen LogP contribution in [0.5, 0.6) is 0 Å². The van der Waals surface area contributed by atoms with Gasteiger partial charge in [0.2, 0.25) is 5.91 Å². The van der Waals surface area contributed by atoms with Gasteiger partial charge in [0.15, 0.2) is 0 Å². The summed E-state index contributed by atoms with van der Waals surface area (Å²) in [6.45, 7) is 1.88. The average molecular weight is 245 g/mol. The van der Waals surface area contributed by atoms with Gasteiger partial charge in [-0.05, 0) is 12.8 Å². The molecule has 2 fully saturated rings. The number of carbonyl (C=O) groups is 2. The molecule has 1 aliphatic heterocycles. The monoisotopic (exact) mass is 245 g/mol. The van der Waals surface area contributed by atoms with Crippen LogP contribution >= 0.6 is 0 Å². The number of amides is 1. The van der Waals surface area contributed by atoms with E-state index in [-0.39, 0.29) is 37.6 Å². The predicted octanol–water partition coefficient (Wildman–Crippen LogP) is 2.00. The molecule has 0 atom stereocenters. The van der Waals surface area contributed by atoms with Gasteiger partial charge >= 0.3 is 0 Å². The Morgan fingerprint density at radius 1 is 1.12 bits per heavy atom. The van der Waals surface area contributed by atoms with Crippen LogP contribution in [-0.2, 0) is 9.59 Å². The highest BCUT2D eigenvalue weighted by Crippen LogP contribution is 2.49. The van der Waals surface area contributed by atoms with Crippen molar-refractivity contribution in [1.29, 1.82) is 0 Å². The highest BCUT2D eigenvalue weighted by atomic mass is 19.3. The van der Waals surface area contributed by atoms with Crippen molar-refractivity contribution in [3.8, 4) is 0 Å². The highest BCUT2D eigenvalue weighted by Gasteiger charge is 2.57. The molecule has 96 valence electrons. The normalized spacial score (nSPS) is 25.5. The topological polar surface area (TPSA) is 37.4 Å². The first-order valence-electron chi connectivity index (χ1n) is 6.12. The number of carbonyl (C=O) groups excluding carboxylic acids is 2. The van der Waals surface area contributed by atoms with E-state index in [1.54, 1.807) is 6.92 Å². The second-order valence-electron chi connectivity index (χ2n) is 5.01. The summed E-state index contributed by atoms with van der Waals surface area (Å²) in [5.74, 6) is -2.91. The zero-order chi connectivity index (χ0) is 12.7. The van der Waals surface area contributed by atoms with Crippen molar-refractivity contribution in [3.63, 3.8) is 0 Å². The zero-order valence-electron chi connectivity index (χ0n) is 9.97. The van der Waals surface area contributed by atoms with Gasteiger partial charge in [0.25, 0.3) is 5.92 Å². The lowest BCUT2D eigenvalue weighted by molar-refractivity contribution is -0.147. The van der Waals surface area contributed by atoms with Gasteiger partial charge in [-0.25, -0.2) is 8.78 Å². The average Bonchev–Trinajstić information content (AvgIpc) is 3.08. The van der Waals surface area contributed by atoms with Gasteiger partial charge < -0.3 is 4.90 Å². The molecule has 1 heterocycles. The maximum absolute atomic E-state index is 13.0. The van der Waals surface area contributed by atoms with Crippen LogP contribution in [0.2, 0.25) is 0 Å². The molecular formula is C12H17F2NO2. The third-order valence-electron chi connectivity index (χ3n) is 3.80. The van der Waals surface area contributed by atoms with Crippen LogP contribution in [0.3, 0.4) is 0 Å². The van der Waals surface area contributed by atoms with Crippen molar-refractivity contribution in [1.82, 2.24) is 4.90 Å². The zero-order valence-corrected chi connectivity index (χ0v) is 9.97. The van der Waals surface area contributed by atoms with Crippen LogP contribution in [0.15, 0.2) is 0 Å². The minimum absolute atomic E-state index is 0.0418. The minimum Gasteiger partial charge on any atom is -0.341 e. The molecule has 0 bridgehead atoms. The van der Waals surface area contributed by atoms with E-state index in [9.17, 15) is 18.4 Å². The molecule has 0 unspecified atom stereocenters. The van der Waals surface area contributed by atoms with Gasteiger partial charge in [-0.15, -0.1) is 0 Å². The molecule has 0 aromatic carbocycles. The third kappa shape index (κ3) is 2.19. The van der Waals surface area contributed by atoms with E-state index in [1.165, 1.54) is 4.90 Å². The van der Waals surface area contributed by atoms with Crippen LogP contribution in [0.4, 0.5) is 8.78 Å². The number of Topliss-reactive ketones (excluding diaryl/α,β-unsaturated/α-hetero) is 1. The van der Waals surface area contributed by atoms with E-state index in [2.05, 4.69) is 0 Å². The summed E-state index contributed by atoms with van der Waals surface area (Å²) < 4.78 is 25.9. The van der Waals surface area contributed by atoms with Crippen molar-refractivity contribution in [2.45, 2.75) is 45.0 Å². The SMILES string of the molecule is CCC(=O)C1(C(=O)N2CCC(F)(F)CC2)CC1. The largest absolute Gasteiger partial charge is 0.341 e. The summed E-state index contributed by atoms with van der Waals surface area (Å²) in [5.41, 5.74) is -0.846. The summed E-state index contributed by atoms with van der Waals surface area (Å²) in [7, 11) is 0. The molecule has 2 rings (SSSR count). The van der Waals surface area contributed by atoms with Crippen molar-refractivity contribution < 1.29 is 18.4 Å². The Kier molecular flexibility index (Phi) is 2.96. The molecule has 1 aliphatic carbocycles. The smallest absolute Gasteiger partial charge is 0.251 e. The van der Waals surface area contributed by atoms with Gasteiger partial charge in [0.05, 0.1) is 0 Å². The number of halogens is 2. The molecule has 1 saturated heterocycles. The number of hydrogen-bond donors (Lipinski definition) is 0. The lowest BCUT2D eigenvalue weighted by Gasteiger charge is -2.33. The number of likely N-dealkylation sites (tertiary alicyclic amines) is 1. The van der Waals surface area contributed by atoms with Crippen LogP contribution < -0.4 is 0 Å². The van der Waals surface area contributed by atoms with Crippen LogP contribution in [-0.4, -0.2) is 35.6 Å². The first kappa shape index (κ1) is 12.5. The molecule has 0 aromatic rings. The molecule has 3 nitrogen and oxygen atoms in total. The number of ketones is 1. The van der Waals surface area contributed by atoms with Gasteiger partial charge in [0.1, 0.15) is 11.2 Å². The summed E-state index contributed by atoms with van der Waals surface area (Å²) in [4.78, 5) is 25.3. The first-order chi connectivity index (χ1) is 7.91. The number of rotatable bonds is 3. The van der Waals surface area contributed by atoms with Gasteiger partial charge in [-0.1, -0.05) is 6.92 Å². The van der Waals surface area contributed by atoms with E-state index in [0.717, 1.165) is 0 Å². The molecule has 2 aliphatic rings. The van der Waals surface area contributed by atoms with Crippen molar-refractivity contribution in [2.24, 2.45) is 5.41 Å². The number of hydrogen-bond acceptors (Lipinski definition) is 2. The summed E-state index contributed by atoms with van der Waals surface area (Å²) in [5, 5.41) is 0. The van der Waals surface area contributed by atoms with E-state index in [4.69, 9.17) is 0 Å². The Morgan fingerprint density at radius 2 is 1.65 bits per heavy atom. The Balaban J connectivity index is 2.00. The van der Waals surface area contributed by atoms with E-state index < -0.39 is 11.3 Å². The fraction of sp³-hybridized carbons (Fsp3) is 0.833. The summed E-state index contributed by atoms with van der Waals surface area (Å²) in [6, 6.07) is 0. The van der Waals surface area contributed by atoms with E-state index in [1.807, 2.05) is 0 Å². The molecule has 0 N–H and O–H groups in total. The standard InChI is InChI=1S/C12H17F2NO2/c1-2-9(16)11(3-4-11)10(17)15-7-5-12(13,14)6-8-15/h2-8H2,1H3. The van der Waals surface area contributed by atoms with Crippen molar-refractivity contribution >= 4 is 11.7 Å². The molecule has 5 heteroatoms. The van der Waals surface area contributed by atoms with Gasteiger partial charge in [-0.2, -0.15) is 0 Å². The fourth-order valence-electron chi connectivity index (χ4n) is 2.41. The van der Waals surface area contributed by atoms with Gasteiger partial charge in [-0.3, -0.25) is 9.59 Å². The van der Waals surface area contributed by atoms with Crippen LogP contribution in [0.1, 0.15) is 39.0 Å². The summed E-state index contributed by atoms with van der Waals surface area (Å²) in [6.07, 6.45) is 0.955. The quantitative estimate of drug-likeness (QED) is 0.713. The van der Waals surface area contributed by atoms with Crippen molar-refractivity contribution in [2.75, 3.05) is 13.1 Å². The van der Waals surface area contributed by atoms with E-state index in [0.29, 0.717) is 19.3 Å². The van der Waals surface area contributed by atoms with Gasteiger partial charge in [0, 0.05) is 32.4 Å². The third-order valence-corrected chi connectivity index (χ3v) is 3.80. The predicted molar refractivity (Wildman–Crippen MR) is 57.7 cm³/mol. The molecule has 0 radical (unpaired) electrons. The Bertz CT molecular complexity index is 340. The lowest BCUT2D eigenvalue weighted by atomic mass is 9.95. The summed E-state index contributed by atoms with van der Waals surface area (Å²) >= 11 is 0. The molecule has 0 aromatic heterocycles. The second kappa shape index (κ2) is 4.03. The Labute approximate surface area is 99.2 Å². The number of alkyl halides is 2. The maximum Gasteiger partial charge on any atom is 0.251 e. The first-order valence-corrected chi connectivity index (χ1v) is 6.12. The number of nitrogens with zero attached hydrogens (tertiary/aromatic N) is 1. The molecule has 1 saturated carbocycles. The maximum atomic E-state index is 13.0. The lowest BCUT2D eigenvalue weighted by Crippen LogP contribution is -2.47. The van der Waals surface area contributed by atoms with E-state index >= 15 is 0 Å². The number of piperidine rings is 1. The molecule has 0 spiro atoms. The fourth-order valence-corrected chi connectivity index (χ4v) is 2.41. The molecule has 17 heavy (non-hydrogen) atoms. The van der Waals surface area contributed by atoms with Crippen molar-refractivity contribution in [3.05, 3.63) is 0 Å². The molecular weight excluding hydrogens is 228 g/mol. The Morgan fingerprint density at radius 3 is 2.06 bits per heavy atom. The second-order valence-corrected chi connectivity index (χ2v) is 5.01. The van der Waals surface area contributed by atoms with Crippen LogP contribution in [0.25, 0.3) is 0 Å². The minimum atomic E-state index is -2.65. The van der Waals surface area contributed by atoms with Crippen LogP contribution in [0, 0.1) is 5.41 Å². The Hall–Kier alpha value is -1.00. The molecule has 1 amide bonds. The highest BCUT2D eigenvalue weighted by molar-refractivity contribution is 6.08.